The number of nitrogens with zero attached hydrogens (tertiary/aromatic N) is 2. The first-order valence-corrected chi connectivity index (χ1v) is 13.2. The Morgan fingerprint density at radius 3 is 2.50 bits per heavy atom. The van der Waals surface area contributed by atoms with E-state index in [0.717, 1.165) is 39.3 Å². The fourth-order valence-electron chi connectivity index (χ4n) is 4.30. The molecule has 0 aromatic heterocycles. The third-order valence-electron chi connectivity index (χ3n) is 6.37. The summed E-state index contributed by atoms with van der Waals surface area (Å²) in [5, 5.41) is 9.10. The molecule has 7 nitrogen and oxygen atoms in total. The van der Waals surface area contributed by atoms with Gasteiger partial charge in [0.15, 0.2) is 0 Å². The van der Waals surface area contributed by atoms with Gasteiger partial charge in [0.25, 0.3) is 10.0 Å². The number of aliphatic carboxylic acids is 1. The van der Waals surface area contributed by atoms with Crippen LogP contribution in [0.5, 0.6) is 5.75 Å². The molecule has 0 aliphatic carbocycles. The molecule has 1 N–H and O–H groups in total. The van der Waals surface area contributed by atoms with E-state index in [9.17, 15) is 26.4 Å². The number of hydrogen-bond acceptors (Lipinski definition) is 5. The van der Waals surface area contributed by atoms with Gasteiger partial charge in [-0.05, 0) is 72.5 Å². The molecular formula is C27H27F3N2O5S. The highest BCUT2D eigenvalue weighted by Crippen LogP contribution is 2.42. The number of fused-ring (bicyclic) bond motifs is 1. The number of alkyl halides is 3. The van der Waals surface area contributed by atoms with Crippen molar-refractivity contribution in [3.8, 4) is 16.9 Å². The summed E-state index contributed by atoms with van der Waals surface area (Å²) in [5.74, 6) is -0.870. The number of carboxylic acid groups (broad SMARTS) is 1. The Bertz CT molecular complexity index is 1470. The van der Waals surface area contributed by atoms with Gasteiger partial charge in [-0.25, -0.2) is 8.42 Å². The standard InChI is InChI=1S/C27H27F3N2O5S/c1-17-7-9-20(31(2)3)15-23(17)18-8-11-25-24(13-18)32(16-21(37-25)10-12-26(33)34)38(35,36)22-6-4-5-19(14-22)27(28,29)30/h4-9,11,13-15,21H,10,12,16H2,1-3H3,(H,33,34)/t21-/m0/s1. The van der Waals surface area contributed by atoms with E-state index in [2.05, 4.69) is 0 Å². The molecule has 0 unspecified atom stereocenters. The first-order chi connectivity index (χ1) is 17.8. The molecule has 1 atom stereocenters. The normalized spacial score (nSPS) is 15.5. The zero-order valence-corrected chi connectivity index (χ0v) is 21.8. The largest absolute Gasteiger partial charge is 0.486 e. The van der Waals surface area contributed by atoms with Crippen LogP contribution >= 0.6 is 0 Å². The quantitative estimate of drug-likeness (QED) is 0.416. The zero-order chi connectivity index (χ0) is 27.8. The van der Waals surface area contributed by atoms with Gasteiger partial charge < -0.3 is 14.7 Å². The Kier molecular flexibility index (Phi) is 7.33. The van der Waals surface area contributed by atoms with E-state index in [4.69, 9.17) is 9.84 Å². The van der Waals surface area contributed by atoms with Crippen LogP contribution in [0.1, 0.15) is 24.0 Å². The molecule has 3 aromatic carbocycles. The van der Waals surface area contributed by atoms with Gasteiger partial charge in [-0.2, -0.15) is 13.2 Å². The van der Waals surface area contributed by atoms with Gasteiger partial charge >= 0.3 is 12.1 Å². The predicted octanol–water partition coefficient (Wildman–Crippen LogP) is 5.57. The second-order valence-corrected chi connectivity index (χ2v) is 11.2. The molecule has 0 spiro atoms. The Balaban J connectivity index is 1.84. The molecule has 202 valence electrons. The van der Waals surface area contributed by atoms with Crippen LogP contribution in [0, 0.1) is 6.92 Å². The number of carboxylic acids is 1. The SMILES string of the molecule is Cc1ccc(N(C)C)cc1-c1ccc2c(c1)N(S(=O)(=O)c1cccc(C(F)(F)F)c1)C[C@H](CCC(=O)O)O2. The van der Waals surface area contributed by atoms with Gasteiger partial charge in [-0.15, -0.1) is 0 Å². The first kappa shape index (κ1) is 27.3. The van der Waals surface area contributed by atoms with Crippen molar-refractivity contribution in [2.75, 3.05) is 29.8 Å². The van der Waals surface area contributed by atoms with Gasteiger partial charge in [0.1, 0.15) is 11.9 Å². The maximum atomic E-state index is 13.8. The predicted molar refractivity (Wildman–Crippen MR) is 138 cm³/mol. The summed E-state index contributed by atoms with van der Waals surface area (Å²) in [6, 6.07) is 14.4. The molecule has 4 rings (SSSR count). The second kappa shape index (κ2) is 10.2. The number of hydrogen-bond donors (Lipinski definition) is 1. The third kappa shape index (κ3) is 5.57. The van der Waals surface area contributed by atoms with Crippen molar-refractivity contribution in [1.82, 2.24) is 0 Å². The minimum atomic E-state index is -4.72. The monoisotopic (exact) mass is 548 g/mol. The summed E-state index contributed by atoms with van der Waals surface area (Å²) in [7, 11) is -0.666. The van der Waals surface area contributed by atoms with Crippen LogP contribution in [0.4, 0.5) is 24.5 Å². The summed E-state index contributed by atoms with van der Waals surface area (Å²) in [4.78, 5) is 12.5. The van der Waals surface area contributed by atoms with Crippen molar-refractivity contribution in [1.29, 1.82) is 0 Å². The van der Waals surface area contributed by atoms with Crippen LogP contribution in [-0.2, 0) is 21.0 Å². The number of benzene rings is 3. The van der Waals surface area contributed by atoms with Crippen molar-refractivity contribution in [2.24, 2.45) is 0 Å². The van der Waals surface area contributed by atoms with Crippen molar-refractivity contribution in [3.63, 3.8) is 0 Å². The van der Waals surface area contributed by atoms with Gasteiger partial charge in [-0.3, -0.25) is 9.10 Å². The summed E-state index contributed by atoms with van der Waals surface area (Å²) in [6.45, 7) is 1.67. The Morgan fingerprint density at radius 1 is 1.11 bits per heavy atom. The first-order valence-electron chi connectivity index (χ1n) is 11.8. The maximum absolute atomic E-state index is 13.8. The lowest BCUT2D eigenvalue weighted by molar-refractivity contribution is -0.138. The van der Waals surface area contributed by atoms with Gasteiger partial charge in [0.05, 0.1) is 22.7 Å². The van der Waals surface area contributed by atoms with Gasteiger partial charge in [0.2, 0.25) is 0 Å². The number of rotatable bonds is 7. The van der Waals surface area contributed by atoms with Crippen LogP contribution in [0.3, 0.4) is 0 Å². The van der Waals surface area contributed by atoms with E-state index < -0.39 is 38.7 Å². The van der Waals surface area contributed by atoms with Gasteiger partial charge in [-0.1, -0.05) is 18.2 Å². The molecule has 1 aliphatic heterocycles. The molecule has 3 aromatic rings. The summed E-state index contributed by atoms with van der Waals surface area (Å²) < 4.78 is 74.5. The van der Waals surface area contributed by atoms with Crippen LogP contribution in [-0.4, -0.2) is 46.2 Å². The minimum Gasteiger partial charge on any atom is -0.486 e. The molecule has 0 bridgehead atoms. The molecule has 0 fully saturated rings. The summed E-state index contributed by atoms with van der Waals surface area (Å²) in [5.41, 5.74) is 2.51. The molecule has 1 heterocycles. The molecule has 11 heteroatoms. The highest BCUT2D eigenvalue weighted by atomic mass is 32.2. The number of anilines is 2. The van der Waals surface area contributed by atoms with E-state index in [1.807, 2.05) is 44.1 Å². The smallest absolute Gasteiger partial charge is 0.416 e. The second-order valence-electron chi connectivity index (χ2n) is 9.31. The highest BCUT2D eigenvalue weighted by Gasteiger charge is 2.37. The van der Waals surface area contributed by atoms with Crippen LogP contribution in [0.2, 0.25) is 0 Å². The lowest BCUT2D eigenvalue weighted by Crippen LogP contribution is -2.43. The Hall–Kier alpha value is -3.73. The molecule has 0 amide bonds. The number of halogens is 3. The number of sulfonamides is 1. The molecule has 1 aliphatic rings. The molecule has 0 saturated heterocycles. The average molecular weight is 549 g/mol. The van der Waals surface area contributed by atoms with Crippen LogP contribution < -0.4 is 13.9 Å². The average Bonchev–Trinajstić information content (AvgIpc) is 2.86. The topological polar surface area (TPSA) is 87.2 Å². The van der Waals surface area contributed by atoms with E-state index in [-0.39, 0.29) is 30.8 Å². The Morgan fingerprint density at radius 2 is 1.84 bits per heavy atom. The molecule has 0 saturated carbocycles. The van der Waals surface area contributed by atoms with Crippen LogP contribution in [0.25, 0.3) is 11.1 Å². The maximum Gasteiger partial charge on any atom is 0.416 e. The minimum absolute atomic E-state index is 0.0229. The highest BCUT2D eigenvalue weighted by molar-refractivity contribution is 7.92. The number of aryl methyl sites for hydroxylation is 1. The van der Waals surface area contributed by atoms with E-state index in [1.54, 1.807) is 18.2 Å². The van der Waals surface area contributed by atoms with Crippen molar-refractivity contribution in [2.45, 2.75) is 36.9 Å². The summed E-state index contributed by atoms with van der Waals surface area (Å²) in [6.07, 6.45) is -5.76. The fraction of sp³-hybridized carbons (Fsp3) is 0.296. The van der Waals surface area contributed by atoms with Crippen molar-refractivity contribution >= 4 is 27.4 Å². The van der Waals surface area contributed by atoms with E-state index >= 15 is 0 Å². The Labute approximate surface area is 219 Å². The van der Waals surface area contributed by atoms with Crippen LogP contribution in [0.15, 0.2) is 65.6 Å². The fourth-order valence-corrected chi connectivity index (χ4v) is 5.85. The number of carbonyl (C=O) groups is 1. The van der Waals surface area contributed by atoms with Crippen molar-refractivity contribution in [3.05, 3.63) is 71.8 Å². The van der Waals surface area contributed by atoms with E-state index in [1.165, 1.54) is 0 Å². The molecule has 38 heavy (non-hydrogen) atoms. The lowest BCUT2D eigenvalue weighted by atomic mass is 9.98. The lowest BCUT2D eigenvalue weighted by Gasteiger charge is -2.36. The van der Waals surface area contributed by atoms with Gasteiger partial charge in [0, 0.05) is 26.2 Å². The number of ether oxygens (including phenoxy) is 1. The molecule has 0 radical (unpaired) electrons. The third-order valence-corrected chi connectivity index (χ3v) is 8.14. The molecular weight excluding hydrogens is 521 g/mol. The zero-order valence-electron chi connectivity index (χ0n) is 21.0. The van der Waals surface area contributed by atoms with Crippen molar-refractivity contribution < 1.29 is 36.2 Å². The van der Waals surface area contributed by atoms with E-state index in [0.29, 0.717) is 11.6 Å². The summed E-state index contributed by atoms with van der Waals surface area (Å²) >= 11 is 0.